The lowest BCUT2D eigenvalue weighted by Gasteiger charge is -2.32. The number of nitrogens with one attached hydrogen (secondary N) is 2. The first kappa shape index (κ1) is 20.4. The number of benzene rings is 1. The van der Waals surface area contributed by atoms with Crippen molar-refractivity contribution in [1.82, 2.24) is 20.3 Å². The Bertz CT molecular complexity index is 808. The van der Waals surface area contributed by atoms with E-state index in [-0.39, 0.29) is 17.9 Å². The lowest BCUT2D eigenvalue weighted by molar-refractivity contribution is 0.278. The highest BCUT2D eigenvalue weighted by atomic mass is 35.5. The molecule has 1 aromatic carbocycles. The van der Waals surface area contributed by atoms with E-state index >= 15 is 0 Å². The predicted molar refractivity (Wildman–Crippen MR) is 108 cm³/mol. The second-order valence-corrected chi connectivity index (χ2v) is 6.95. The van der Waals surface area contributed by atoms with Crippen LogP contribution in [0.5, 0.6) is 0 Å². The van der Waals surface area contributed by atoms with Crippen LogP contribution in [0.4, 0.5) is 0 Å². The Morgan fingerprint density at radius 2 is 2.00 bits per heavy atom. The van der Waals surface area contributed by atoms with Gasteiger partial charge in [-0.25, -0.2) is 9.97 Å². The van der Waals surface area contributed by atoms with Crippen molar-refractivity contribution in [3.63, 3.8) is 0 Å². The summed E-state index contributed by atoms with van der Waals surface area (Å²) in [5, 5.41) is 3.66. The third kappa shape index (κ3) is 4.41. The molecule has 3 aromatic rings. The Hall–Kier alpha value is -1.95. The fourth-order valence-corrected chi connectivity index (χ4v) is 3.85. The normalized spacial score (nSPS) is 20.8. The standard InChI is InChI=1S/C20H24N4.ClH.H2O/c1-14(20-23-13-19-17(24-20)8-10-22-19)11-15-7-9-21-18(12-15)16-5-3-2-4-6-16;;/h2-6,8,10,13-15,18,21-22H,7,9,11-12H2,1H3;1H;1H2. The molecule has 2 aromatic heterocycles. The number of nitrogens with zero attached hydrogens (tertiary/aromatic N) is 2. The molecule has 1 saturated heterocycles. The molecule has 6 heteroatoms. The summed E-state index contributed by atoms with van der Waals surface area (Å²) in [5.41, 5.74) is 3.43. The van der Waals surface area contributed by atoms with Crippen LogP contribution in [0.1, 0.15) is 49.5 Å². The van der Waals surface area contributed by atoms with Crippen molar-refractivity contribution < 1.29 is 5.48 Å². The Balaban J connectivity index is 0.00000121. The molecule has 1 fully saturated rings. The third-order valence-corrected chi connectivity index (χ3v) is 5.16. The minimum absolute atomic E-state index is 0. The van der Waals surface area contributed by atoms with Crippen molar-refractivity contribution in [2.45, 2.75) is 38.1 Å². The number of aromatic nitrogens is 3. The Morgan fingerprint density at radius 3 is 2.81 bits per heavy atom. The van der Waals surface area contributed by atoms with E-state index < -0.39 is 0 Å². The average molecular weight is 375 g/mol. The summed E-state index contributed by atoms with van der Waals surface area (Å²) in [6.07, 6.45) is 7.41. The van der Waals surface area contributed by atoms with Crippen LogP contribution < -0.4 is 5.32 Å². The van der Waals surface area contributed by atoms with Gasteiger partial charge in [0, 0.05) is 18.2 Å². The van der Waals surface area contributed by atoms with Gasteiger partial charge < -0.3 is 15.8 Å². The topological polar surface area (TPSA) is 85.1 Å². The van der Waals surface area contributed by atoms with Gasteiger partial charge >= 0.3 is 0 Å². The maximum Gasteiger partial charge on any atom is 0.131 e. The van der Waals surface area contributed by atoms with E-state index in [0.29, 0.717) is 12.0 Å². The van der Waals surface area contributed by atoms with Gasteiger partial charge in [-0.05, 0) is 43.4 Å². The molecule has 1 aliphatic heterocycles. The highest BCUT2D eigenvalue weighted by Crippen LogP contribution is 2.33. The molecule has 3 atom stereocenters. The predicted octanol–water partition coefficient (Wildman–Crippen LogP) is 3.79. The molecule has 4 rings (SSSR count). The van der Waals surface area contributed by atoms with Crippen LogP contribution in [0.15, 0.2) is 48.8 Å². The van der Waals surface area contributed by atoms with Gasteiger partial charge in [0.15, 0.2) is 0 Å². The molecule has 0 amide bonds. The van der Waals surface area contributed by atoms with Crippen LogP contribution in [-0.2, 0) is 0 Å². The van der Waals surface area contributed by atoms with Gasteiger partial charge in [-0.3, -0.25) is 0 Å². The SMILES string of the molecule is CC(CC1CCNC(c2ccccc2)C1)c1ncc2[nH]ccc2n1.Cl.O. The molecular weight excluding hydrogens is 348 g/mol. The lowest BCUT2D eigenvalue weighted by atomic mass is 9.83. The van der Waals surface area contributed by atoms with Crippen molar-refractivity contribution in [3.05, 3.63) is 60.2 Å². The van der Waals surface area contributed by atoms with Crippen LogP contribution >= 0.6 is 12.4 Å². The number of piperidine rings is 1. The molecule has 0 saturated carbocycles. The van der Waals surface area contributed by atoms with Gasteiger partial charge in [-0.15, -0.1) is 12.4 Å². The van der Waals surface area contributed by atoms with Crippen molar-refractivity contribution in [1.29, 1.82) is 0 Å². The summed E-state index contributed by atoms with van der Waals surface area (Å²) in [4.78, 5) is 12.4. The van der Waals surface area contributed by atoms with Gasteiger partial charge in [-0.1, -0.05) is 37.3 Å². The summed E-state index contributed by atoms with van der Waals surface area (Å²) >= 11 is 0. The molecule has 3 unspecified atom stereocenters. The van der Waals surface area contributed by atoms with E-state index in [4.69, 9.17) is 4.98 Å². The number of hydrogen-bond donors (Lipinski definition) is 2. The maximum absolute atomic E-state index is 4.72. The zero-order chi connectivity index (χ0) is 16.4. The maximum atomic E-state index is 4.72. The van der Waals surface area contributed by atoms with E-state index in [1.54, 1.807) is 0 Å². The average Bonchev–Trinajstić information content (AvgIpc) is 3.10. The molecule has 0 aliphatic carbocycles. The largest absolute Gasteiger partial charge is 0.412 e. The number of aromatic amines is 1. The van der Waals surface area contributed by atoms with Gasteiger partial charge in [0.2, 0.25) is 0 Å². The molecule has 0 bridgehead atoms. The smallest absolute Gasteiger partial charge is 0.131 e. The second kappa shape index (κ2) is 9.12. The summed E-state index contributed by atoms with van der Waals surface area (Å²) < 4.78 is 0. The van der Waals surface area contributed by atoms with Crippen LogP contribution in [-0.4, -0.2) is 27.0 Å². The Kier molecular flexibility index (Phi) is 7.14. The summed E-state index contributed by atoms with van der Waals surface area (Å²) in [6, 6.07) is 13.3. The molecule has 4 N–H and O–H groups in total. The van der Waals surface area contributed by atoms with E-state index in [0.717, 1.165) is 35.7 Å². The summed E-state index contributed by atoms with van der Waals surface area (Å²) in [6.45, 7) is 3.35. The number of rotatable bonds is 4. The molecule has 0 radical (unpaired) electrons. The molecule has 140 valence electrons. The highest BCUT2D eigenvalue weighted by Gasteiger charge is 2.25. The van der Waals surface area contributed by atoms with E-state index in [2.05, 4.69) is 52.5 Å². The van der Waals surface area contributed by atoms with Crippen molar-refractivity contribution in [2.75, 3.05) is 6.54 Å². The second-order valence-electron chi connectivity index (χ2n) is 6.95. The monoisotopic (exact) mass is 374 g/mol. The van der Waals surface area contributed by atoms with E-state index in [1.807, 2.05) is 18.5 Å². The van der Waals surface area contributed by atoms with Crippen LogP contribution in [0.3, 0.4) is 0 Å². The Morgan fingerprint density at radius 1 is 1.19 bits per heavy atom. The van der Waals surface area contributed by atoms with E-state index in [1.165, 1.54) is 18.4 Å². The number of halogens is 1. The van der Waals surface area contributed by atoms with Gasteiger partial charge in [0.1, 0.15) is 5.82 Å². The van der Waals surface area contributed by atoms with Crippen molar-refractivity contribution in [2.24, 2.45) is 5.92 Å². The third-order valence-electron chi connectivity index (χ3n) is 5.16. The quantitative estimate of drug-likeness (QED) is 0.728. The van der Waals surface area contributed by atoms with Crippen LogP contribution in [0.2, 0.25) is 0 Å². The molecule has 3 heterocycles. The number of fused-ring (bicyclic) bond motifs is 1. The fourth-order valence-electron chi connectivity index (χ4n) is 3.85. The lowest BCUT2D eigenvalue weighted by Crippen LogP contribution is -2.32. The first-order chi connectivity index (χ1) is 11.8. The van der Waals surface area contributed by atoms with Crippen molar-refractivity contribution in [3.8, 4) is 0 Å². The highest BCUT2D eigenvalue weighted by molar-refractivity contribution is 5.85. The summed E-state index contributed by atoms with van der Waals surface area (Å²) in [7, 11) is 0. The fraction of sp³-hybridized carbons (Fsp3) is 0.400. The van der Waals surface area contributed by atoms with Gasteiger partial charge in [-0.2, -0.15) is 0 Å². The molecule has 5 nitrogen and oxygen atoms in total. The van der Waals surface area contributed by atoms with Crippen molar-refractivity contribution >= 4 is 23.4 Å². The minimum Gasteiger partial charge on any atom is -0.412 e. The number of H-pyrrole nitrogens is 1. The molecule has 1 aliphatic rings. The minimum atomic E-state index is 0. The molecule has 0 spiro atoms. The first-order valence-corrected chi connectivity index (χ1v) is 8.88. The van der Waals surface area contributed by atoms with E-state index in [9.17, 15) is 0 Å². The van der Waals surface area contributed by atoms with Gasteiger partial charge in [0.05, 0.1) is 17.2 Å². The zero-order valence-electron chi connectivity index (χ0n) is 15.0. The zero-order valence-corrected chi connectivity index (χ0v) is 15.8. The van der Waals surface area contributed by atoms with Crippen LogP contribution in [0, 0.1) is 5.92 Å². The first-order valence-electron chi connectivity index (χ1n) is 8.88. The number of hydrogen-bond acceptors (Lipinski definition) is 3. The Labute approximate surface area is 160 Å². The summed E-state index contributed by atoms with van der Waals surface area (Å²) in [5.74, 6) is 2.08. The van der Waals surface area contributed by atoms with Gasteiger partial charge in [0.25, 0.3) is 0 Å². The molecular formula is C20H27ClN4O. The molecule has 26 heavy (non-hydrogen) atoms. The van der Waals surface area contributed by atoms with Crippen LogP contribution in [0.25, 0.3) is 11.0 Å².